The first-order chi connectivity index (χ1) is 12.6. The Kier molecular flexibility index (Phi) is 4.72. The first-order valence-electron chi connectivity index (χ1n) is 7.72. The zero-order valence-electron chi connectivity index (χ0n) is 14.2. The number of nitrogens with zero attached hydrogens (tertiary/aromatic N) is 1. The van der Waals surface area contributed by atoms with Crippen molar-refractivity contribution < 1.29 is 18.7 Å². The van der Waals surface area contributed by atoms with Gasteiger partial charge in [0, 0.05) is 34.3 Å². The summed E-state index contributed by atoms with van der Waals surface area (Å²) in [6.45, 7) is 0. The number of fused-ring (bicyclic) bond motifs is 1. The van der Waals surface area contributed by atoms with Crippen LogP contribution in [0.2, 0.25) is 0 Å². The highest BCUT2D eigenvalue weighted by Crippen LogP contribution is 2.28. The molecule has 0 saturated carbocycles. The van der Waals surface area contributed by atoms with Gasteiger partial charge in [-0.3, -0.25) is 4.79 Å². The van der Waals surface area contributed by atoms with E-state index in [1.54, 1.807) is 18.2 Å². The quantitative estimate of drug-likeness (QED) is 0.427. The second-order valence-electron chi connectivity index (χ2n) is 5.50. The van der Waals surface area contributed by atoms with E-state index in [1.807, 2.05) is 6.07 Å². The number of ether oxygens (including phenoxy) is 2. The molecule has 26 heavy (non-hydrogen) atoms. The third-order valence-electron chi connectivity index (χ3n) is 3.99. The molecule has 2 aromatic carbocycles. The molecule has 1 heterocycles. The fourth-order valence-electron chi connectivity index (χ4n) is 2.67. The molecule has 0 saturated heterocycles. The topological polar surface area (TPSA) is 75.1 Å². The van der Waals surface area contributed by atoms with Gasteiger partial charge in [-0.1, -0.05) is 0 Å². The lowest BCUT2D eigenvalue weighted by molar-refractivity contribution is 0.104. The second kappa shape index (κ2) is 7.11. The van der Waals surface area contributed by atoms with Crippen molar-refractivity contribution in [2.75, 3.05) is 14.2 Å². The number of carbonyl (C=O) groups is 1. The summed E-state index contributed by atoms with van der Waals surface area (Å²) in [4.78, 5) is 15.6. The molecule has 130 valence electrons. The van der Waals surface area contributed by atoms with Gasteiger partial charge < -0.3 is 14.5 Å². The summed E-state index contributed by atoms with van der Waals surface area (Å²) in [6, 6.07) is 11.1. The van der Waals surface area contributed by atoms with E-state index in [1.165, 1.54) is 44.7 Å². The van der Waals surface area contributed by atoms with Crippen LogP contribution in [-0.4, -0.2) is 25.0 Å². The molecule has 3 rings (SSSR count). The van der Waals surface area contributed by atoms with Crippen LogP contribution in [0.1, 0.15) is 15.9 Å². The zero-order chi connectivity index (χ0) is 18.7. The second-order valence-corrected chi connectivity index (χ2v) is 5.50. The van der Waals surface area contributed by atoms with Gasteiger partial charge in [-0.25, -0.2) is 4.39 Å². The molecular weight excluding hydrogens is 335 g/mol. The summed E-state index contributed by atoms with van der Waals surface area (Å²) in [7, 11) is 3.03. The predicted molar refractivity (Wildman–Crippen MR) is 95.7 cm³/mol. The maximum atomic E-state index is 13.3. The van der Waals surface area contributed by atoms with E-state index in [4.69, 9.17) is 9.47 Å². The fourth-order valence-corrected chi connectivity index (χ4v) is 2.67. The van der Waals surface area contributed by atoms with Crippen LogP contribution >= 0.6 is 0 Å². The molecule has 0 aliphatic carbocycles. The number of aromatic nitrogens is 1. The number of allylic oxidation sites excluding steroid dienone is 1. The fraction of sp³-hybridized carbons (Fsp3) is 0.100. The molecule has 3 aromatic rings. The van der Waals surface area contributed by atoms with E-state index in [9.17, 15) is 14.4 Å². The summed E-state index contributed by atoms with van der Waals surface area (Å²) < 4.78 is 23.7. The number of hydrogen-bond donors (Lipinski definition) is 1. The van der Waals surface area contributed by atoms with Gasteiger partial charge in [0.2, 0.25) is 5.78 Å². The standard InChI is InChI=1S/C20H15FN2O3/c1-25-15-5-3-12(19(9-15)26-2)7-13(10-22)20(24)17-11-23-18-8-14(21)4-6-16(17)18/h3-9,11,23H,1-2H3/b13-7+. The average Bonchev–Trinajstić information content (AvgIpc) is 3.08. The minimum atomic E-state index is -0.455. The Labute approximate surface area is 149 Å². The van der Waals surface area contributed by atoms with Crippen molar-refractivity contribution in [1.29, 1.82) is 5.26 Å². The van der Waals surface area contributed by atoms with E-state index in [-0.39, 0.29) is 5.57 Å². The van der Waals surface area contributed by atoms with Crippen molar-refractivity contribution in [3.8, 4) is 17.6 Å². The minimum Gasteiger partial charge on any atom is -0.497 e. The zero-order valence-corrected chi connectivity index (χ0v) is 14.2. The summed E-state index contributed by atoms with van der Waals surface area (Å²) in [6.07, 6.45) is 2.94. The van der Waals surface area contributed by atoms with Gasteiger partial charge in [0.25, 0.3) is 0 Å². The highest BCUT2D eigenvalue weighted by molar-refractivity contribution is 6.19. The summed E-state index contributed by atoms with van der Waals surface area (Å²) in [5, 5.41) is 10.0. The van der Waals surface area contributed by atoms with Gasteiger partial charge in [0.1, 0.15) is 29.0 Å². The number of H-pyrrole nitrogens is 1. The summed E-state index contributed by atoms with van der Waals surface area (Å²) in [5.74, 6) is 0.217. The molecule has 0 aliphatic rings. The summed E-state index contributed by atoms with van der Waals surface area (Å²) in [5.41, 5.74) is 1.32. The molecule has 1 N–H and O–H groups in total. The lowest BCUT2D eigenvalue weighted by Crippen LogP contribution is -2.01. The molecule has 0 radical (unpaired) electrons. The summed E-state index contributed by atoms with van der Waals surface area (Å²) >= 11 is 0. The van der Waals surface area contributed by atoms with Crippen molar-refractivity contribution in [3.05, 3.63) is 65.1 Å². The lowest BCUT2D eigenvalue weighted by atomic mass is 10.0. The smallest absolute Gasteiger partial charge is 0.205 e. The minimum absolute atomic E-state index is 0.0568. The van der Waals surface area contributed by atoms with Gasteiger partial charge in [-0.2, -0.15) is 5.26 Å². The van der Waals surface area contributed by atoms with E-state index < -0.39 is 11.6 Å². The van der Waals surface area contributed by atoms with Gasteiger partial charge in [-0.15, -0.1) is 0 Å². The van der Waals surface area contributed by atoms with Gasteiger partial charge in [0.15, 0.2) is 0 Å². The van der Waals surface area contributed by atoms with Crippen molar-refractivity contribution >= 4 is 22.8 Å². The molecule has 1 aromatic heterocycles. The van der Waals surface area contributed by atoms with Crippen LogP contribution in [0, 0.1) is 17.1 Å². The molecule has 0 aliphatic heterocycles. The Hall–Kier alpha value is -3.59. The lowest BCUT2D eigenvalue weighted by Gasteiger charge is -2.08. The first kappa shape index (κ1) is 17.2. The molecule has 0 bridgehead atoms. The number of methoxy groups -OCH3 is 2. The van der Waals surface area contributed by atoms with Gasteiger partial charge >= 0.3 is 0 Å². The third kappa shape index (κ3) is 3.15. The van der Waals surface area contributed by atoms with E-state index >= 15 is 0 Å². The average molecular weight is 350 g/mol. The molecule has 0 unspecified atom stereocenters. The van der Waals surface area contributed by atoms with E-state index in [2.05, 4.69) is 4.98 Å². The Morgan fingerprint density at radius 2 is 2.00 bits per heavy atom. The molecule has 0 amide bonds. The Balaban J connectivity index is 2.04. The van der Waals surface area contributed by atoms with Crippen molar-refractivity contribution in [2.24, 2.45) is 0 Å². The Morgan fingerprint density at radius 1 is 1.19 bits per heavy atom. The van der Waals surface area contributed by atoms with Crippen molar-refractivity contribution in [2.45, 2.75) is 0 Å². The molecule has 0 fully saturated rings. The number of aromatic amines is 1. The van der Waals surface area contributed by atoms with Crippen molar-refractivity contribution in [1.82, 2.24) is 4.98 Å². The number of halogens is 1. The monoisotopic (exact) mass is 350 g/mol. The third-order valence-corrected chi connectivity index (χ3v) is 3.99. The van der Waals surface area contributed by atoms with E-state index in [0.29, 0.717) is 33.5 Å². The van der Waals surface area contributed by atoms with Crippen LogP contribution in [0.25, 0.3) is 17.0 Å². The predicted octanol–water partition coefficient (Wildman–Crippen LogP) is 4.11. The largest absolute Gasteiger partial charge is 0.497 e. The highest BCUT2D eigenvalue weighted by Gasteiger charge is 2.18. The highest BCUT2D eigenvalue weighted by atomic mass is 19.1. The normalized spacial score (nSPS) is 11.2. The van der Waals surface area contributed by atoms with Gasteiger partial charge in [-0.05, 0) is 36.4 Å². The molecule has 0 atom stereocenters. The number of ketones is 1. The number of carbonyl (C=O) groups excluding carboxylic acids is 1. The molecular formula is C20H15FN2O3. The SMILES string of the molecule is COc1ccc(/C=C(\C#N)C(=O)c2c[nH]c3cc(F)ccc23)c(OC)c1. The molecule has 0 spiro atoms. The molecule has 5 nitrogen and oxygen atoms in total. The number of hydrogen-bond acceptors (Lipinski definition) is 4. The number of Topliss-reactive ketones (excluding diaryl/α,β-unsaturated/α-hetero) is 1. The maximum absolute atomic E-state index is 13.3. The number of nitrogens with one attached hydrogen (secondary N) is 1. The Bertz CT molecular complexity index is 1060. The number of benzene rings is 2. The van der Waals surface area contributed by atoms with Crippen LogP contribution in [0.5, 0.6) is 11.5 Å². The van der Waals surface area contributed by atoms with Crippen LogP contribution < -0.4 is 9.47 Å². The van der Waals surface area contributed by atoms with Gasteiger partial charge in [0.05, 0.1) is 14.2 Å². The maximum Gasteiger partial charge on any atom is 0.205 e. The van der Waals surface area contributed by atoms with Crippen LogP contribution in [0.4, 0.5) is 4.39 Å². The number of rotatable bonds is 5. The Morgan fingerprint density at radius 3 is 2.69 bits per heavy atom. The van der Waals surface area contributed by atoms with Crippen LogP contribution in [-0.2, 0) is 0 Å². The van der Waals surface area contributed by atoms with E-state index in [0.717, 1.165) is 0 Å². The van der Waals surface area contributed by atoms with Crippen LogP contribution in [0.15, 0.2) is 48.2 Å². The molecule has 6 heteroatoms. The van der Waals surface area contributed by atoms with Crippen molar-refractivity contribution in [3.63, 3.8) is 0 Å². The van der Waals surface area contributed by atoms with Crippen LogP contribution in [0.3, 0.4) is 0 Å². The first-order valence-corrected chi connectivity index (χ1v) is 7.72. The number of nitriles is 1.